The van der Waals surface area contributed by atoms with Gasteiger partial charge in [-0.2, -0.15) is 0 Å². The van der Waals surface area contributed by atoms with Gasteiger partial charge in [-0.05, 0) is 32.4 Å². The third kappa shape index (κ3) is 1.49. The van der Waals surface area contributed by atoms with Crippen LogP contribution in [-0.4, -0.2) is 17.7 Å². The van der Waals surface area contributed by atoms with E-state index in [1.54, 1.807) is 12.5 Å². The van der Waals surface area contributed by atoms with Crippen LogP contribution < -0.4 is 5.32 Å². The van der Waals surface area contributed by atoms with E-state index in [0.717, 1.165) is 24.9 Å². The molecule has 3 heteroatoms. The Morgan fingerprint density at radius 3 is 3.08 bits per heavy atom. The molecule has 2 unspecified atom stereocenters. The van der Waals surface area contributed by atoms with Crippen LogP contribution in [0.2, 0.25) is 0 Å². The highest BCUT2D eigenvalue weighted by atomic mass is 16.3. The zero-order valence-corrected chi connectivity index (χ0v) is 7.79. The number of rotatable bonds is 2. The number of aliphatic hydroxyl groups is 1. The van der Waals surface area contributed by atoms with E-state index in [9.17, 15) is 5.11 Å². The van der Waals surface area contributed by atoms with Crippen LogP contribution in [0.15, 0.2) is 23.0 Å². The van der Waals surface area contributed by atoms with E-state index < -0.39 is 5.60 Å². The van der Waals surface area contributed by atoms with Crippen LogP contribution in [0, 0.1) is 0 Å². The zero-order valence-electron chi connectivity index (χ0n) is 7.79. The lowest BCUT2D eigenvalue weighted by molar-refractivity contribution is 0.0213. The van der Waals surface area contributed by atoms with Crippen LogP contribution in [0.1, 0.15) is 25.3 Å². The SMILES string of the molecule is CC(O)(c1ccoc1)C1CCCN1. The Bertz CT molecular complexity index is 260. The van der Waals surface area contributed by atoms with Gasteiger partial charge in [0.25, 0.3) is 0 Å². The maximum atomic E-state index is 10.3. The highest BCUT2D eigenvalue weighted by molar-refractivity contribution is 5.18. The van der Waals surface area contributed by atoms with Crippen molar-refractivity contribution < 1.29 is 9.52 Å². The average Bonchev–Trinajstić information content (AvgIpc) is 2.78. The summed E-state index contributed by atoms with van der Waals surface area (Å²) in [6.07, 6.45) is 5.37. The Hall–Kier alpha value is -0.800. The quantitative estimate of drug-likeness (QED) is 0.721. The van der Waals surface area contributed by atoms with E-state index >= 15 is 0 Å². The van der Waals surface area contributed by atoms with Crippen molar-refractivity contribution in [3.05, 3.63) is 24.2 Å². The molecule has 72 valence electrons. The third-order valence-corrected chi connectivity index (χ3v) is 2.84. The van der Waals surface area contributed by atoms with Crippen molar-refractivity contribution >= 4 is 0 Å². The number of nitrogens with one attached hydrogen (secondary N) is 1. The van der Waals surface area contributed by atoms with Gasteiger partial charge in [0.15, 0.2) is 0 Å². The molecule has 1 fully saturated rings. The summed E-state index contributed by atoms with van der Waals surface area (Å²) in [5, 5.41) is 13.5. The molecular formula is C10H15NO2. The minimum atomic E-state index is -0.802. The molecule has 1 aromatic rings. The van der Waals surface area contributed by atoms with Gasteiger partial charge in [-0.3, -0.25) is 0 Å². The van der Waals surface area contributed by atoms with Crippen LogP contribution in [0.5, 0.6) is 0 Å². The molecule has 0 saturated carbocycles. The molecule has 13 heavy (non-hydrogen) atoms. The van der Waals surface area contributed by atoms with Crippen molar-refractivity contribution in [1.82, 2.24) is 5.32 Å². The van der Waals surface area contributed by atoms with Crippen molar-refractivity contribution in [2.24, 2.45) is 0 Å². The molecule has 2 N–H and O–H groups in total. The molecule has 1 aliphatic heterocycles. The van der Waals surface area contributed by atoms with Gasteiger partial charge in [-0.15, -0.1) is 0 Å². The average molecular weight is 181 g/mol. The zero-order chi connectivity index (χ0) is 9.31. The van der Waals surface area contributed by atoms with Gasteiger partial charge in [-0.25, -0.2) is 0 Å². The van der Waals surface area contributed by atoms with E-state index in [-0.39, 0.29) is 6.04 Å². The molecule has 1 aromatic heterocycles. The Balaban J connectivity index is 2.19. The second-order valence-electron chi connectivity index (χ2n) is 3.81. The summed E-state index contributed by atoms with van der Waals surface area (Å²) in [7, 11) is 0. The van der Waals surface area contributed by atoms with Crippen molar-refractivity contribution in [2.75, 3.05) is 6.54 Å². The molecule has 1 aliphatic rings. The van der Waals surface area contributed by atoms with Gasteiger partial charge in [0.1, 0.15) is 5.60 Å². The first-order chi connectivity index (χ1) is 6.21. The molecular weight excluding hydrogens is 166 g/mol. The van der Waals surface area contributed by atoms with E-state index in [1.165, 1.54) is 0 Å². The van der Waals surface area contributed by atoms with Crippen LogP contribution in [-0.2, 0) is 5.60 Å². The molecule has 2 rings (SSSR count). The van der Waals surface area contributed by atoms with Gasteiger partial charge < -0.3 is 14.8 Å². The summed E-state index contributed by atoms with van der Waals surface area (Å²) >= 11 is 0. The standard InChI is InChI=1S/C10H15NO2/c1-10(12,8-4-6-13-7-8)9-3-2-5-11-9/h4,6-7,9,11-12H,2-3,5H2,1H3. The minimum Gasteiger partial charge on any atom is -0.472 e. The second-order valence-corrected chi connectivity index (χ2v) is 3.81. The Morgan fingerprint density at radius 2 is 2.54 bits per heavy atom. The lowest BCUT2D eigenvalue weighted by Crippen LogP contribution is -2.42. The monoisotopic (exact) mass is 181 g/mol. The van der Waals surface area contributed by atoms with Crippen LogP contribution >= 0.6 is 0 Å². The fraction of sp³-hybridized carbons (Fsp3) is 0.600. The fourth-order valence-electron chi connectivity index (χ4n) is 1.92. The molecule has 3 nitrogen and oxygen atoms in total. The van der Waals surface area contributed by atoms with Gasteiger partial charge >= 0.3 is 0 Å². The number of hydrogen-bond acceptors (Lipinski definition) is 3. The molecule has 0 aromatic carbocycles. The molecule has 0 spiro atoms. The molecule has 0 aliphatic carbocycles. The highest BCUT2D eigenvalue weighted by Crippen LogP contribution is 2.29. The van der Waals surface area contributed by atoms with E-state index in [4.69, 9.17) is 4.42 Å². The van der Waals surface area contributed by atoms with E-state index in [2.05, 4.69) is 5.32 Å². The van der Waals surface area contributed by atoms with E-state index in [0.29, 0.717) is 0 Å². The maximum Gasteiger partial charge on any atom is 0.105 e. The van der Waals surface area contributed by atoms with Crippen LogP contribution in [0.3, 0.4) is 0 Å². The first-order valence-corrected chi connectivity index (χ1v) is 4.69. The lowest BCUT2D eigenvalue weighted by Gasteiger charge is -2.29. The van der Waals surface area contributed by atoms with Crippen LogP contribution in [0.4, 0.5) is 0 Å². The summed E-state index contributed by atoms with van der Waals surface area (Å²) in [5.74, 6) is 0. The minimum absolute atomic E-state index is 0.157. The van der Waals surface area contributed by atoms with Gasteiger partial charge in [-0.1, -0.05) is 0 Å². The predicted molar refractivity (Wildman–Crippen MR) is 49.3 cm³/mol. The number of hydrogen-bond donors (Lipinski definition) is 2. The molecule has 0 bridgehead atoms. The first kappa shape index (κ1) is 8.78. The maximum absolute atomic E-state index is 10.3. The fourth-order valence-corrected chi connectivity index (χ4v) is 1.92. The largest absolute Gasteiger partial charge is 0.472 e. The molecule has 0 amide bonds. The topological polar surface area (TPSA) is 45.4 Å². The normalized spacial score (nSPS) is 27.4. The summed E-state index contributed by atoms with van der Waals surface area (Å²) < 4.78 is 4.97. The van der Waals surface area contributed by atoms with Gasteiger partial charge in [0.2, 0.25) is 0 Å². The highest BCUT2D eigenvalue weighted by Gasteiger charge is 2.35. The first-order valence-electron chi connectivity index (χ1n) is 4.69. The summed E-state index contributed by atoms with van der Waals surface area (Å²) in [6, 6.07) is 1.98. The van der Waals surface area contributed by atoms with Crippen molar-refractivity contribution in [2.45, 2.75) is 31.4 Å². The molecule has 2 heterocycles. The summed E-state index contributed by atoms with van der Waals surface area (Å²) in [4.78, 5) is 0. The van der Waals surface area contributed by atoms with Crippen molar-refractivity contribution in [3.63, 3.8) is 0 Å². The van der Waals surface area contributed by atoms with Crippen molar-refractivity contribution in [3.8, 4) is 0 Å². The smallest absolute Gasteiger partial charge is 0.105 e. The van der Waals surface area contributed by atoms with Gasteiger partial charge in [0, 0.05) is 11.6 Å². The predicted octanol–water partition coefficient (Wildman–Crippen LogP) is 1.24. The molecule has 2 atom stereocenters. The Morgan fingerprint density at radius 1 is 1.69 bits per heavy atom. The lowest BCUT2D eigenvalue weighted by atomic mass is 9.89. The molecule has 0 radical (unpaired) electrons. The summed E-state index contributed by atoms with van der Waals surface area (Å²) in [6.45, 7) is 2.83. The second kappa shape index (κ2) is 3.16. The Kier molecular flexibility index (Phi) is 2.14. The van der Waals surface area contributed by atoms with Crippen LogP contribution in [0.25, 0.3) is 0 Å². The van der Waals surface area contributed by atoms with Gasteiger partial charge in [0.05, 0.1) is 12.5 Å². The van der Waals surface area contributed by atoms with Crippen molar-refractivity contribution in [1.29, 1.82) is 0 Å². The summed E-state index contributed by atoms with van der Waals surface area (Å²) in [5.41, 5.74) is 0.0515. The van der Waals surface area contributed by atoms with E-state index in [1.807, 2.05) is 13.0 Å². The molecule has 1 saturated heterocycles. The number of furan rings is 1. The third-order valence-electron chi connectivity index (χ3n) is 2.84. The Labute approximate surface area is 77.8 Å².